The molecule has 0 aromatic heterocycles. The minimum absolute atomic E-state index is 0.0655. The van der Waals surface area contributed by atoms with Crippen molar-refractivity contribution < 1.29 is 13.5 Å². The molecule has 5 atom stereocenters. The molecule has 3 fully saturated rings. The van der Waals surface area contributed by atoms with Crippen LogP contribution in [0.5, 0.6) is 0 Å². The Balaban J connectivity index is 1.56. The molecule has 3 N–H and O–H groups in total. The van der Waals surface area contributed by atoms with Gasteiger partial charge in [-0.2, -0.15) is 17.0 Å². The van der Waals surface area contributed by atoms with E-state index in [1.54, 1.807) is 8.61 Å². The van der Waals surface area contributed by atoms with E-state index in [-0.39, 0.29) is 28.6 Å². The van der Waals surface area contributed by atoms with Crippen LogP contribution in [0.1, 0.15) is 38.5 Å². The SMILES string of the molecule is NC(C1CCN(S(=O)(=O)N2CCCC2)CC1)C1CC(Cl)C(Cl)CC1O. The Morgan fingerprint density at radius 2 is 1.48 bits per heavy atom. The molecule has 3 rings (SSSR count). The standard InChI is InChI=1S/C16H29Cl2N3O3S/c17-13-9-12(15(22)10-14(13)18)16(19)11-3-7-21(8-4-11)25(23,24)20-5-1-2-6-20/h11-16,22H,1-10,19H2. The van der Waals surface area contributed by atoms with Crippen LogP contribution in [0.25, 0.3) is 0 Å². The van der Waals surface area contributed by atoms with Crippen LogP contribution in [-0.2, 0) is 10.2 Å². The summed E-state index contributed by atoms with van der Waals surface area (Å²) in [6.45, 7) is 2.27. The first-order valence-corrected chi connectivity index (χ1v) is 11.5. The molecule has 2 aliphatic heterocycles. The summed E-state index contributed by atoms with van der Waals surface area (Å²) < 4.78 is 28.5. The molecule has 2 saturated heterocycles. The van der Waals surface area contributed by atoms with Crippen LogP contribution < -0.4 is 5.73 Å². The maximum Gasteiger partial charge on any atom is 0.281 e. The summed E-state index contributed by atoms with van der Waals surface area (Å²) in [6, 6.07) is -0.169. The number of hydrogen-bond acceptors (Lipinski definition) is 4. The van der Waals surface area contributed by atoms with Gasteiger partial charge in [0.1, 0.15) is 0 Å². The third-order valence-electron chi connectivity index (χ3n) is 6.11. The van der Waals surface area contributed by atoms with Gasteiger partial charge in [0, 0.05) is 38.1 Å². The number of aliphatic hydroxyl groups is 1. The van der Waals surface area contributed by atoms with Crippen molar-refractivity contribution in [2.45, 2.75) is 61.4 Å². The van der Waals surface area contributed by atoms with Crippen LogP contribution in [0.2, 0.25) is 0 Å². The van der Waals surface area contributed by atoms with Crippen LogP contribution in [0.15, 0.2) is 0 Å². The van der Waals surface area contributed by atoms with E-state index in [0.717, 1.165) is 25.7 Å². The average molecular weight is 414 g/mol. The van der Waals surface area contributed by atoms with Crippen molar-refractivity contribution in [2.75, 3.05) is 26.2 Å². The fraction of sp³-hybridized carbons (Fsp3) is 1.00. The van der Waals surface area contributed by atoms with Crippen molar-refractivity contribution in [1.82, 2.24) is 8.61 Å². The highest BCUT2D eigenvalue weighted by Gasteiger charge is 2.42. The number of piperidine rings is 1. The zero-order valence-corrected chi connectivity index (χ0v) is 16.8. The minimum Gasteiger partial charge on any atom is -0.393 e. The molecule has 0 amide bonds. The topological polar surface area (TPSA) is 86.9 Å². The fourth-order valence-electron chi connectivity index (χ4n) is 4.45. The van der Waals surface area contributed by atoms with Crippen LogP contribution in [-0.4, -0.2) is 71.2 Å². The highest BCUT2D eigenvalue weighted by atomic mass is 35.5. The molecule has 1 aliphatic carbocycles. The van der Waals surface area contributed by atoms with Gasteiger partial charge in [0.25, 0.3) is 10.2 Å². The van der Waals surface area contributed by atoms with E-state index in [9.17, 15) is 13.5 Å². The van der Waals surface area contributed by atoms with E-state index in [1.807, 2.05) is 0 Å². The maximum atomic E-state index is 12.6. The van der Waals surface area contributed by atoms with Crippen molar-refractivity contribution in [3.8, 4) is 0 Å². The molecular weight excluding hydrogens is 385 g/mol. The zero-order valence-electron chi connectivity index (χ0n) is 14.4. The second-order valence-corrected chi connectivity index (χ2v) is 10.7. The Morgan fingerprint density at radius 3 is 2.08 bits per heavy atom. The van der Waals surface area contributed by atoms with E-state index in [4.69, 9.17) is 28.9 Å². The average Bonchev–Trinajstić information content (AvgIpc) is 3.13. The Kier molecular flexibility index (Phi) is 6.57. The molecule has 6 nitrogen and oxygen atoms in total. The van der Waals surface area contributed by atoms with Gasteiger partial charge < -0.3 is 10.8 Å². The van der Waals surface area contributed by atoms with Crippen LogP contribution in [0.4, 0.5) is 0 Å². The van der Waals surface area contributed by atoms with E-state index in [1.165, 1.54) is 0 Å². The van der Waals surface area contributed by atoms with Gasteiger partial charge >= 0.3 is 0 Å². The Labute approximate surface area is 160 Å². The van der Waals surface area contributed by atoms with Gasteiger partial charge in [0.15, 0.2) is 0 Å². The molecule has 5 unspecified atom stereocenters. The lowest BCUT2D eigenvalue weighted by Crippen LogP contribution is -2.53. The Morgan fingerprint density at radius 1 is 0.960 bits per heavy atom. The number of hydrogen-bond donors (Lipinski definition) is 2. The number of aliphatic hydroxyl groups excluding tert-OH is 1. The van der Waals surface area contributed by atoms with Gasteiger partial charge in [-0.25, -0.2) is 0 Å². The second-order valence-electron chi connectivity index (χ2n) is 7.66. The van der Waals surface area contributed by atoms with Gasteiger partial charge in [-0.15, -0.1) is 23.2 Å². The molecule has 146 valence electrons. The van der Waals surface area contributed by atoms with Crippen molar-refractivity contribution in [1.29, 1.82) is 0 Å². The van der Waals surface area contributed by atoms with Gasteiger partial charge in [-0.1, -0.05) is 0 Å². The number of alkyl halides is 2. The van der Waals surface area contributed by atoms with Gasteiger partial charge in [0.05, 0.1) is 16.9 Å². The number of nitrogens with zero attached hydrogens (tertiary/aromatic N) is 2. The van der Waals surface area contributed by atoms with Crippen molar-refractivity contribution >= 4 is 33.4 Å². The monoisotopic (exact) mass is 413 g/mol. The summed E-state index contributed by atoms with van der Waals surface area (Å²) in [4.78, 5) is 0. The molecule has 0 bridgehead atoms. The van der Waals surface area contributed by atoms with E-state index < -0.39 is 16.3 Å². The highest BCUT2D eigenvalue weighted by molar-refractivity contribution is 7.86. The molecular formula is C16H29Cl2N3O3S. The van der Waals surface area contributed by atoms with Crippen molar-refractivity contribution in [3.63, 3.8) is 0 Å². The minimum atomic E-state index is -3.32. The molecule has 0 aromatic carbocycles. The molecule has 2 heterocycles. The molecule has 1 saturated carbocycles. The summed E-state index contributed by atoms with van der Waals surface area (Å²) in [6.07, 6.45) is 3.91. The number of halogens is 2. The fourth-order valence-corrected chi connectivity index (χ4v) is 6.77. The summed E-state index contributed by atoms with van der Waals surface area (Å²) in [5.74, 6) is 0.143. The first kappa shape index (κ1) is 20.1. The van der Waals surface area contributed by atoms with E-state index in [0.29, 0.717) is 39.0 Å². The summed E-state index contributed by atoms with van der Waals surface area (Å²) >= 11 is 12.4. The second kappa shape index (κ2) is 8.17. The van der Waals surface area contributed by atoms with Crippen molar-refractivity contribution in [2.24, 2.45) is 17.6 Å². The lowest BCUT2D eigenvalue weighted by molar-refractivity contribution is 0.0397. The predicted molar refractivity (Wildman–Crippen MR) is 100 cm³/mol. The Hall–Kier alpha value is 0.370. The van der Waals surface area contributed by atoms with Gasteiger partial charge in [-0.3, -0.25) is 0 Å². The third-order valence-corrected chi connectivity index (χ3v) is 9.23. The Bertz CT molecular complexity index is 551. The summed E-state index contributed by atoms with van der Waals surface area (Å²) in [7, 11) is -3.32. The first-order valence-electron chi connectivity index (χ1n) is 9.27. The van der Waals surface area contributed by atoms with Gasteiger partial charge in [-0.05, 0) is 44.4 Å². The first-order chi connectivity index (χ1) is 11.8. The van der Waals surface area contributed by atoms with Crippen LogP contribution >= 0.6 is 23.2 Å². The molecule has 25 heavy (non-hydrogen) atoms. The smallest absolute Gasteiger partial charge is 0.281 e. The number of rotatable bonds is 4. The summed E-state index contributed by atoms with van der Waals surface area (Å²) in [5, 5.41) is 9.96. The quantitative estimate of drug-likeness (QED) is 0.680. The lowest BCUT2D eigenvalue weighted by atomic mass is 9.74. The molecule has 0 radical (unpaired) electrons. The molecule has 3 aliphatic rings. The number of nitrogens with two attached hydrogens (primary N) is 1. The third kappa shape index (κ3) is 4.28. The highest BCUT2D eigenvalue weighted by Crippen LogP contribution is 2.37. The normalized spacial score (nSPS) is 38.1. The van der Waals surface area contributed by atoms with Crippen molar-refractivity contribution in [3.05, 3.63) is 0 Å². The van der Waals surface area contributed by atoms with Gasteiger partial charge in [0.2, 0.25) is 0 Å². The van der Waals surface area contributed by atoms with Crippen LogP contribution in [0.3, 0.4) is 0 Å². The lowest BCUT2D eigenvalue weighted by Gasteiger charge is -2.42. The van der Waals surface area contributed by atoms with Crippen LogP contribution in [0, 0.1) is 11.8 Å². The zero-order chi connectivity index (χ0) is 18.2. The predicted octanol–water partition coefficient (Wildman–Crippen LogP) is 1.35. The van der Waals surface area contributed by atoms with E-state index in [2.05, 4.69) is 0 Å². The molecule has 0 spiro atoms. The maximum absolute atomic E-state index is 12.6. The molecule has 0 aromatic rings. The van der Waals surface area contributed by atoms with E-state index >= 15 is 0 Å². The summed E-state index contributed by atoms with van der Waals surface area (Å²) in [5.41, 5.74) is 6.46. The molecule has 9 heteroatoms. The largest absolute Gasteiger partial charge is 0.393 e.